The Hall–Kier alpha value is -1.13. The van der Waals surface area contributed by atoms with E-state index in [1.165, 1.54) is 24.0 Å². The Balaban J connectivity index is 2.36. The monoisotopic (exact) mass is 391 g/mol. The molecule has 152 valence electrons. The molecule has 1 aliphatic carbocycles. The summed E-state index contributed by atoms with van der Waals surface area (Å²) in [6.07, 6.45) is 7.83. The molecule has 1 aliphatic rings. The van der Waals surface area contributed by atoms with Crippen LogP contribution in [0.15, 0.2) is 28.7 Å². The molecule has 3 nitrogen and oxygen atoms in total. The molecule has 1 aromatic rings. The van der Waals surface area contributed by atoms with Gasteiger partial charge in [0.1, 0.15) is 0 Å². The molecule has 0 saturated heterocycles. The summed E-state index contributed by atoms with van der Waals surface area (Å²) in [5.41, 5.74) is 4.49. The molecule has 0 bridgehead atoms. The van der Waals surface area contributed by atoms with Crippen LogP contribution in [0.25, 0.3) is 0 Å². The Labute approximate surface area is 166 Å². The van der Waals surface area contributed by atoms with Gasteiger partial charge in [0, 0.05) is 6.54 Å². The fourth-order valence-electron chi connectivity index (χ4n) is 3.75. The average molecular weight is 392 g/mol. The van der Waals surface area contributed by atoms with E-state index in [1.54, 1.807) is 0 Å². The van der Waals surface area contributed by atoms with Crippen molar-refractivity contribution in [2.75, 3.05) is 6.54 Å². The van der Waals surface area contributed by atoms with E-state index in [4.69, 9.17) is 0 Å². The molecule has 4 heteroatoms. The van der Waals surface area contributed by atoms with Crippen molar-refractivity contribution in [3.63, 3.8) is 0 Å². The third-order valence-electron chi connectivity index (χ3n) is 5.47. The van der Waals surface area contributed by atoms with Crippen LogP contribution < -0.4 is 4.72 Å². The van der Waals surface area contributed by atoms with Gasteiger partial charge in [-0.2, -0.15) is 0 Å². The molecule has 1 N–H and O–H groups in total. The smallest absolute Gasteiger partial charge is 0.211 e. The molecule has 0 radical (unpaired) electrons. The summed E-state index contributed by atoms with van der Waals surface area (Å²) < 4.78 is 29.4. The molecular weight excluding hydrogens is 354 g/mol. The highest BCUT2D eigenvalue weighted by molar-refractivity contribution is 7.89. The van der Waals surface area contributed by atoms with Crippen molar-refractivity contribution in [2.45, 2.75) is 96.3 Å². The Kier molecular flexibility index (Phi) is 7.70. The summed E-state index contributed by atoms with van der Waals surface area (Å²) >= 11 is 0. The molecule has 0 unspecified atom stereocenters. The minimum absolute atomic E-state index is 0.161. The molecule has 0 amide bonds. The van der Waals surface area contributed by atoms with Gasteiger partial charge in [0.05, 0.1) is 4.90 Å². The van der Waals surface area contributed by atoms with Gasteiger partial charge in [0.25, 0.3) is 0 Å². The van der Waals surface area contributed by atoms with Gasteiger partial charge in [-0.25, -0.2) is 13.1 Å². The minimum Gasteiger partial charge on any atom is -0.211 e. The van der Waals surface area contributed by atoms with Crippen LogP contribution in [-0.4, -0.2) is 15.0 Å². The molecule has 0 spiro atoms. The number of sulfonamides is 1. The fraction of sp³-hybridized carbons (Fsp3) is 0.652. The van der Waals surface area contributed by atoms with Gasteiger partial charge in [0.2, 0.25) is 10.0 Å². The lowest BCUT2D eigenvalue weighted by atomic mass is 9.89. The van der Waals surface area contributed by atoms with Crippen LogP contribution >= 0.6 is 0 Å². The third-order valence-corrected chi connectivity index (χ3v) is 7.06. The zero-order valence-corrected chi connectivity index (χ0v) is 18.7. The molecule has 0 saturated carbocycles. The van der Waals surface area contributed by atoms with Crippen LogP contribution in [0.5, 0.6) is 0 Å². The van der Waals surface area contributed by atoms with Crippen molar-refractivity contribution in [1.29, 1.82) is 0 Å². The lowest BCUT2D eigenvalue weighted by Gasteiger charge is -2.23. The summed E-state index contributed by atoms with van der Waals surface area (Å²) in [6, 6.07) is 4.19. The van der Waals surface area contributed by atoms with Gasteiger partial charge in [0.15, 0.2) is 0 Å². The van der Waals surface area contributed by atoms with Crippen LogP contribution in [-0.2, 0) is 10.0 Å². The van der Waals surface area contributed by atoms with E-state index in [9.17, 15) is 8.42 Å². The van der Waals surface area contributed by atoms with Crippen molar-refractivity contribution in [3.05, 3.63) is 40.5 Å². The molecule has 0 fully saturated rings. The second-order valence-electron chi connectivity index (χ2n) is 8.75. The highest BCUT2D eigenvalue weighted by Gasteiger charge is 2.26. The predicted molar refractivity (Wildman–Crippen MR) is 115 cm³/mol. The summed E-state index contributed by atoms with van der Waals surface area (Å²) in [4.78, 5) is 0.509. The molecule has 0 aliphatic heterocycles. The van der Waals surface area contributed by atoms with E-state index in [-0.39, 0.29) is 11.8 Å². The molecule has 0 heterocycles. The highest BCUT2D eigenvalue weighted by Crippen LogP contribution is 2.35. The maximum Gasteiger partial charge on any atom is 0.241 e. The van der Waals surface area contributed by atoms with Crippen molar-refractivity contribution < 1.29 is 8.42 Å². The van der Waals surface area contributed by atoms with E-state index >= 15 is 0 Å². The van der Waals surface area contributed by atoms with Gasteiger partial charge < -0.3 is 0 Å². The topological polar surface area (TPSA) is 46.2 Å². The average Bonchev–Trinajstić information content (AvgIpc) is 2.61. The first-order valence-electron chi connectivity index (χ1n) is 10.5. The number of hydrogen-bond acceptors (Lipinski definition) is 2. The number of benzene rings is 1. The first kappa shape index (κ1) is 22.2. The number of rotatable bonds is 8. The third kappa shape index (κ3) is 5.68. The summed E-state index contributed by atoms with van der Waals surface area (Å²) in [5, 5.41) is 0. The summed E-state index contributed by atoms with van der Waals surface area (Å²) in [7, 11) is -3.53. The second-order valence-corrected chi connectivity index (χ2v) is 10.5. The SMILES string of the molecule is CC(C)c1cc(C(C)C)c(S(=O)(=O)NCCC2=CCCCC2)c(C(C)C)c1. The van der Waals surface area contributed by atoms with Gasteiger partial charge in [-0.3, -0.25) is 0 Å². The maximum atomic E-state index is 13.3. The molecule has 0 aromatic heterocycles. The Morgan fingerprint density at radius 1 is 0.926 bits per heavy atom. The van der Waals surface area contributed by atoms with Crippen LogP contribution in [0.3, 0.4) is 0 Å². The molecule has 0 atom stereocenters. The summed E-state index contributed by atoms with van der Waals surface area (Å²) in [5.74, 6) is 0.700. The normalized spacial score (nSPS) is 15.7. The predicted octanol–water partition coefficient (Wildman–Crippen LogP) is 6.23. The number of nitrogens with one attached hydrogen (secondary N) is 1. The Morgan fingerprint density at radius 3 is 1.96 bits per heavy atom. The zero-order valence-electron chi connectivity index (χ0n) is 17.9. The van der Waals surface area contributed by atoms with Gasteiger partial charge in [-0.1, -0.05) is 65.3 Å². The fourth-order valence-corrected chi connectivity index (χ4v) is 5.47. The van der Waals surface area contributed by atoms with Crippen LogP contribution in [0.1, 0.15) is 108 Å². The molecular formula is C23H37NO2S. The first-order valence-corrected chi connectivity index (χ1v) is 12.0. The lowest BCUT2D eigenvalue weighted by Crippen LogP contribution is -2.28. The highest BCUT2D eigenvalue weighted by atomic mass is 32.2. The van der Waals surface area contributed by atoms with Gasteiger partial charge in [-0.15, -0.1) is 0 Å². The Bertz CT molecular complexity index is 745. The maximum absolute atomic E-state index is 13.3. The zero-order chi connectivity index (χ0) is 20.2. The van der Waals surface area contributed by atoms with E-state index < -0.39 is 10.0 Å². The number of hydrogen-bond donors (Lipinski definition) is 1. The molecule has 2 rings (SSSR count). The Morgan fingerprint density at radius 2 is 1.52 bits per heavy atom. The van der Waals surface area contributed by atoms with Crippen molar-refractivity contribution >= 4 is 10.0 Å². The van der Waals surface area contributed by atoms with Crippen LogP contribution in [0.4, 0.5) is 0 Å². The standard InChI is InChI=1S/C23H37NO2S/c1-16(2)20-14-21(17(3)4)23(22(15-20)18(5)6)27(25,26)24-13-12-19-10-8-7-9-11-19/h10,14-18,24H,7-9,11-13H2,1-6H3. The van der Waals surface area contributed by atoms with Crippen molar-refractivity contribution in [3.8, 4) is 0 Å². The van der Waals surface area contributed by atoms with E-state index in [2.05, 4.69) is 64.5 Å². The second kappa shape index (κ2) is 9.38. The van der Waals surface area contributed by atoms with Gasteiger partial charge in [-0.05, 0) is 66.5 Å². The van der Waals surface area contributed by atoms with E-state index in [0.717, 1.165) is 30.4 Å². The van der Waals surface area contributed by atoms with Gasteiger partial charge >= 0.3 is 0 Å². The molecule has 1 aromatic carbocycles. The first-order chi connectivity index (χ1) is 12.6. The van der Waals surface area contributed by atoms with Crippen LogP contribution in [0.2, 0.25) is 0 Å². The minimum atomic E-state index is -3.53. The van der Waals surface area contributed by atoms with Crippen molar-refractivity contribution in [2.24, 2.45) is 0 Å². The summed E-state index contributed by atoms with van der Waals surface area (Å²) in [6.45, 7) is 13.1. The van der Waals surface area contributed by atoms with E-state index in [0.29, 0.717) is 17.4 Å². The molecule has 27 heavy (non-hydrogen) atoms. The quantitative estimate of drug-likeness (QED) is 0.534. The lowest BCUT2D eigenvalue weighted by molar-refractivity contribution is 0.574. The van der Waals surface area contributed by atoms with Crippen molar-refractivity contribution in [1.82, 2.24) is 4.72 Å². The van der Waals surface area contributed by atoms with E-state index in [1.807, 2.05) is 0 Å². The number of allylic oxidation sites excluding steroid dienone is 1. The largest absolute Gasteiger partial charge is 0.241 e. The van der Waals surface area contributed by atoms with Crippen LogP contribution in [0, 0.1) is 0 Å².